The molecule has 3 aromatic rings. The van der Waals surface area contributed by atoms with E-state index in [1.54, 1.807) is 0 Å². The topological polar surface area (TPSA) is 3.24 Å². The number of nitrogens with zero attached hydrogens (tertiary/aromatic N) is 1. The standard InChI is InChI=1S/C21H20Cl2NP/c22-25(23)21-14-8-7-13-20(21)17-24(15-18-9-3-1-4-10-18)16-19-11-5-2-6-12-19/h1-14H,15-17H2. The predicted molar refractivity (Wildman–Crippen MR) is 111 cm³/mol. The average molecular weight is 388 g/mol. The van der Waals surface area contributed by atoms with E-state index in [1.807, 2.05) is 12.1 Å². The summed E-state index contributed by atoms with van der Waals surface area (Å²) in [5.74, 6) is 0. The smallest absolute Gasteiger partial charge is 0.117 e. The first kappa shape index (κ1) is 18.4. The molecule has 25 heavy (non-hydrogen) atoms. The van der Waals surface area contributed by atoms with Crippen LogP contribution < -0.4 is 5.30 Å². The molecule has 0 fully saturated rings. The molecular formula is C21H20Cl2NP. The van der Waals surface area contributed by atoms with Gasteiger partial charge < -0.3 is 0 Å². The molecule has 0 bridgehead atoms. The quantitative estimate of drug-likeness (QED) is 0.429. The van der Waals surface area contributed by atoms with Gasteiger partial charge in [-0.3, -0.25) is 4.90 Å². The highest BCUT2D eigenvalue weighted by molar-refractivity contribution is 8.08. The molecule has 0 aliphatic carbocycles. The van der Waals surface area contributed by atoms with Gasteiger partial charge in [-0.2, -0.15) is 0 Å². The van der Waals surface area contributed by atoms with E-state index in [1.165, 1.54) is 16.7 Å². The third-order valence-corrected chi connectivity index (χ3v) is 5.96. The van der Waals surface area contributed by atoms with Crippen LogP contribution in [0.5, 0.6) is 0 Å². The van der Waals surface area contributed by atoms with Crippen LogP contribution in [0.3, 0.4) is 0 Å². The van der Waals surface area contributed by atoms with E-state index >= 15 is 0 Å². The van der Waals surface area contributed by atoms with Gasteiger partial charge in [0.2, 0.25) is 0 Å². The Hall–Kier alpha value is -1.37. The fourth-order valence-electron chi connectivity index (χ4n) is 2.90. The summed E-state index contributed by atoms with van der Waals surface area (Å²) in [5, 5.41) is 1.05. The summed E-state index contributed by atoms with van der Waals surface area (Å²) >= 11 is 12.4. The lowest BCUT2D eigenvalue weighted by molar-refractivity contribution is 0.248. The highest BCUT2D eigenvalue weighted by atomic mass is 35.9. The highest BCUT2D eigenvalue weighted by Gasteiger charge is 2.14. The SMILES string of the molecule is ClP(Cl)c1ccccc1CN(Cc1ccccc1)Cc1ccccc1. The average Bonchev–Trinajstić information content (AvgIpc) is 2.63. The van der Waals surface area contributed by atoms with Crippen LogP contribution in [0.15, 0.2) is 84.9 Å². The molecule has 0 aromatic heterocycles. The molecule has 0 aliphatic heterocycles. The number of hydrogen-bond donors (Lipinski definition) is 0. The van der Waals surface area contributed by atoms with Gasteiger partial charge in [-0.1, -0.05) is 107 Å². The van der Waals surface area contributed by atoms with Crippen LogP contribution in [0, 0.1) is 0 Å². The summed E-state index contributed by atoms with van der Waals surface area (Å²) in [6.45, 7) is 1.43. The van der Waals surface area contributed by atoms with Crippen LogP contribution in [0.4, 0.5) is 0 Å². The largest absolute Gasteiger partial charge is 0.291 e. The zero-order valence-corrected chi connectivity index (χ0v) is 16.3. The van der Waals surface area contributed by atoms with Crippen molar-refractivity contribution in [2.24, 2.45) is 0 Å². The molecule has 0 aliphatic rings. The molecule has 0 unspecified atom stereocenters. The van der Waals surface area contributed by atoms with Gasteiger partial charge in [-0.05, 0) is 16.7 Å². The lowest BCUT2D eigenvalue weighted by Gasteiger charge is -2.24. The van der Waals surface area contributed by atoms with Gasteiger partial charge >= 0.3 is 0 Å². The van der Waals surface area contributed by atoms with Crippen LogP contribution in [0.25, 0.3) is 0 Å². The normalized spacial score (nSPS) is 11.2. The van der Waals surface area contributed by atoms with Crippen molar-refractivity contribution in [2.45, 2.75) is 19.6 Å². The van der Waals surface area contributed by atoms with Gasteiger partial charge in [0.05, 0.1) is 0 Å². The second-order valence-corrected chi connectivity index (χ2v) is 9.47. The Balaban J connectivity index is 1.83. The van der Waals surface area contributed by atoms with Gasteiger partial charge in [-0.15, -0.1) is 0 Å². The monoisotopic (exact) mass is 387 g/mol. The first-order valence-corrected chi connectivity index (χ1v) is 11.4. The summed E-state index contributed by atoms with van der Waals surface area (Å²) in [5.41, 5.74) is 3.80. The first-order chi connectivity index (χ1) is 12.2. The Morgan fingerprint density at radius 1 is 0.600 bits per heavy atom. The zero-order chi connectivity index (χ0) is 17.5. The van der Waals surface area contributed by atoms with Crippen molar-refractivity contribution >= 4 is 34.4 Å². The molecule has 0 radical (unpaired) electrons. The molecule has 3 rings (SSSR count). The van der Waals surface area contributed by atoms with Crippen molar-refractivity contribution in [1.29, 1.82) is 0 Å². The zero-order valence-electron chi connectivity index (χ0n) is 13.9. The summed E-state index contributed by atoms with van der Waals surface area (Å²) in [6, 6.07) is 29.3. The second kappa shape index (κ2) is 9.36. The Kier molecular flexibility index (Phi) is 6.90. The summed E-state index contributed by atoms with van der Waals surface area (Å²) in [7, 11) is 0. The van der Waals surface area contributed by atoms with Crippen LogP contribution in [0.2, 0.25) is 0 Å². The van der Waals surface area contributed by atoms with Crippen LogP contribution in [-0.2, 0) is 19.6 Å². The van der Waals surface area contributed by atoms with Gasteiger partial charge in [0, 0.05) is 24.9 Å². The minimum atomic E-state index is -1.15. The fourth-order valence-corrected chi connectivity index (χ4v) is 4.45. The fraction of sp³-hybridized carbons (Fsp3) is 0.143. The van der Waals surface area contributed by atoms with Crippen molar-refractivity contribution in [2.75, 3.05) is 0 Å². The lowest BCUT2D eigenvalue weighted by atomic mass is 10.1. The van der Waals surface area contributed by atoms with E-state index in [2.05, 4.69) is 77.7 Å². The minimum Gasteiger partial charge on any atom is -0.291 e. The van der Waals surface area contributed by atoms with E-state index in [-0.39, 0.29) is 0 Å². The van der Waals surface area contributed by atoms with Crippen molar-refractivity contribution < 1.29 is 0 Å². The van der Waals surface area contributed by atoms with Crippen molar-refractivity contribution in [1.82, 2.24) is 4.90 Å². The van der Waals surface area contributed by atoms with Gasteiger partial charge in [-0.25, -0.2) is 0 Å². The third-order valence-electron chi connectivity index (χ3n) is 4.07. The predicted octanol–water partition coefficient (Wildman–Crippen LogP) is 6.30. The molecule has 0 heterocycles. The molecule has 3 aromatic carbocycles. The number of halogens is 2. The molecule has 0 atom stereocenters. The van der Waals surface area contributed by atoms with Crippen LogP contribution >= 0.6 is 29.1 Å². The molecular weight excluding hydrogens is 368 g/mol. The first-order valence-electron chi connectivity index (χ1n) is 8.22. The molecule has 1 nitrogen and oxygen atoms in total. The molecule has 0 N–H and O–H groups in total. The van der Waals surface area contributed by atoms with E-state index in [9.17, 15) is 0 Å². The summed E-state index contributed by atoms with van der Waals surface area (Å²) in [4.78, 5) is 2.43. The van der Waals surface area contributed by atoms with Gasteiger partial charge in [0.1, 0.15) is 6.63 Å². The molecule has 0 spiro atoms. The maximum atomic E-state index is 6.22. The molecule has 0 amide bonds. The Morgan fingerprint density at radius 2 is 1.08 bits per heavy atom. The summed E-state index contributed by atoms with van der Waals surface area (Å²) in [6.07, 6.45) is 0. The summed E-state index contributed by atoms with van der Waals surface area (Å²) < 4.78 is 0. The maximum Gasteiger partial charge on any atom is 0.117 e. The van der Waals surface area contributed by atoms with Crippen LogP contribution in [0.1, 0.15) is 16.7 Å². The molecule has 4 heteroatoms. The van der Waals surface area contributed by atoms with E-state index in [0.717, 1.165) is 24.9 Å². The molecule has 0 saturated carbocycles. The van der Waals surface area contributed by atoms with Crippen molar-refractivity contribution in [3.05, 3.63) is 102 Å². The van der Waals surface area contributed by atoms with E-state index in [0.29, 0.717) is 0 Å². The van der Waals surface area contributed by atoms with Gasteiger partial charge in [0.25, 0.3) is 0 Å². The second-order valence-electron chi connectivity index (χ2n) is 5.98. The Labute approximate surface area is 160 Å². The highest BCUT2D eigenvalue weighted by Crippen LogP contribution is 2.46. The Morgan fingerprint density at radius 3 is 1.60 bits per heavy atom. The number of benzene rings is 3. The van der Waals surface area contributed by atoms with E-state index in [4.69, 9.17) is 22.5 Å². The maximum absolute atomic E-state index is 6.22. The molecule has 0 saturated heterocycles. The van der Waals surface area contributed by atoms with E-state index < -0.39 is 6.63 Å². The minimum absolute atomic E-state index is 0.818. The lowest BCUT2D eigenvalue weighted by Crippen LogP contribution is -2.24. The van der Waals surface area contributed by atoms with Gasteiger partial charge in [0.15, 0.2) is 0 Å². The number of rotatable bonds is 7. The Bertz CT molecular complexity index is 737. The van der Waals surface area contributed by atoms with Crippen molar-refractivity contribution in [3.63, 3.8) is 0 Å². The van der Waals surface area contributed by atoms with Crippen LogP contribution in [-0.4, -0.2) is 4.90 Å². The van der Waals surface area contributed by atoms with Crippen molar-refractivity contribution in [3.8, 4) is 0 Å². The third kappa shape index (κ3) is 5.56. The molecule has 128 valence electrons. The number of hydrogen-bond acceptors (Lipinski definition) is 1.